The molecule has 1 aromatic rings. The second-order valence-corrected chi connectivity index (χ2v) is 3.19. The van der Waals surface area contributed by atoms with Gasteiger partial charge in [0, 0.05) is 23.3 Å². The summed E-state index contributed by atoms with van der Waals surface area (Å²) < 4.78 is 14.7. The Morgan fingerprint density at radius 3 is 2.73 bits per heavy atom. The second-order valence-electron chi connectivity index (χ2n) is 2.33. The third kappa shape index (κ3) is 1.35. The molecule has 2 nitrogen and oxygen atoms in total. The van der Waals surface area contributed by atoms with Crippen molar-refractivity contribution in [1.29, 1.82) is 0 Å². The molecule has 0 unspecified atom stereocenters. The highest BCUT2D eigenvalue weighted by atomic mass is 79.9. The van der Waals surface area contributed by atoms with Crippen LogP contribution in [-0.4, -0.2) is 4.57 Å². The zero-order valence-electron chi connectivity index (χ0n) is 6.19. The molecule has 11 heavy (non-hydrogen) atoms. The summed E-state index contributed by atoms with van der Waals surface area (Å²) in [6.45, 7) is 1.56. The van der Waals surface area contributed by atoms with Crippen LogP contribution in [0.5, 0.6) is 0 Å². The van der Waals surface area contributed by atoms with Crippen molar-refractivity contribution in [3.8, 4) is 0 Å². The summed E-state index contributed by atoms with van der Waals surface area (Å²) in [6, 6.07) is 0. The van der Waals surface area contributed by atoms with Gasteiger partial charge in [-0.15, -0.1) is 0 Å². The molecule has 1 aromatic heterocycles. The monoisotopic (exact) mass is 219 g/mol. The number of halogens is 2. The van der Waals surface area contributed by atoms with Gasteiger partial charge in [0.1, 0.15) is 0 Å². The van der Waals surface area contributed by atoms with Gasteiger partial charge in [-0.1, -0.05) is 0 Å². The Bertz CT molecular complexity index is 345. The molecule has 0 N–H and O–H groups in total. The van der Waals surface area contributed by atoms with Crippen molar-refractivity contribution in [3.05, 3.63) is 32.4 Å². The van der Waals surface area contributed by atoms with E-state index in [4.69, 9.17) is 0 Å². The lowest BCUT2D eigenvalue weighted by Gasteiger charge is -2.01. The average molecular weight is 220 g/mol. The van der Waals surface area contributed by atoms with Gasteiger partial charge in [0.05, 0.1) is 0 Å². The Morgan fingerprint density at radius 2 is 2.18 bits per heavy atom. The number of rotatable bonds is 0. The molecule has 0 atom stereocenters. The summed E-state index contributed by atoms with van der Waals surface area (Å²) in [5, 5.41) is 0. The first kappa shape index (κ1) is 8.46. The minimum Gasteiger partial charge on any atom is -0.315 e. The number of aromatic nitrogens is 1. The van der Waals surface area contributed by atoms with Gasteiger partial charge in [-0.05, 0) is 22.9 Å². The number of pyridine rings is 1. The topological polar surface area (TPSA) is 22.0 Å². The maximum Gasteiger partial charge on any atom is 0.286 e. The molecule has 4 heteroatoms. The molecule has 0 aliphatic rings. The summed E-state index contributed by atoms with van der Waals surface area (Å²) in [5.41, 5.74) is -0.237. The Hall–Kier alpha value is -0.640. The van der Waals surface area contributed by atoms with E-state index in [-0.39, 0.29) is 0 Å². The Labute approximate surface area is 71.8 Å². The first-order valence-electron chi connectivity index (χ1n) is 3.05. The third-order valence-corrected chi connectivity index (χ3v) is 2.30. The SMILES string of the molecule is Cc1c(Br)cn(C)c(=O)c1F. The van der Waals surface area contributed by atoms with Crippen LogP contribution in [0.3, 0.4) is 0 Å². The zero-order chi connectivity index (χ0) is 8.59. The van der Waals surface area contributed by atoms with Crippen LogP contribution in [0, 0.1) is 12.7 Å². The first-order chi connectivity index (χ1) is 5.04. The predicted molar refractivity (Wildman–Crippen MR) is 44.1 cm³/mol. The highest BCUT2D eigenvalue weighted by Gasteiger charge is 2.07. The predicted octanol–water partition coefficient (Wildman–Crippen LogP) is 1.60. The van der Waals surface area contributed by atoms with Crippen molar-refractivity contribution < 1.29 is 4.39 Å². The van der Waals surface area contributed by atoms with Gasteiger partial charge < -0.3 is 4.57 Å². The highest BCUT2D eigenvalue weighted by Crippen LogP contribution is 2.14. The Kier molecular flexibility index (Phi) is 2.13. The normalized spacial score (nSPS) is 10.2. The quantitative estimate of drug-likeness (QED) is 0.650. The van der Waals surface area contributed by atoms with Gasteiger partial charge in [-0.3, -0.25) is 4.79 Å². The molecule has 0 saturated carbocycles. The van der Waals surface area contributed by atoms with Crippen LogP contribution >= 0.6 is 15.9 Å². The average Bonchev–Trinajstić information content (AvgIpc) is 1.97. The van der Waals surface area contributed by atoms with Crippen LogP contribution in [0.2, 0.25) is 0 Å². The van der Waals surface area contributed by atoms with Gasteiger partial charge in [0.2, 0.25) is 0 Å². The van der Waals surface area contributed by atoms with E-state index in [1.165, 1.54) is 11.6 Å². The molecule has 0 aromatic carbocycles. The molecular formula is C7H7BrFNO. The molecule has 1 rings (SSSR count). The molecule has 0 aliphatic carbocycles. The maximum atomic E-state index is 12.9. The number of hydrogen-bond donors (Lipinski definition) is 0. The lowest BCUT2D eigenvalue weighted by atomic mass is 10.3. The molecule has 0 aliphatic heterocycles. The fraction of sp³-hybridized carbons (Fsp3) is 0.286. The molecule has 0 radical (unpaired) electrons. The van der Waals surface area contributed by atoms with E-state index in [9.17, 15) is 9.18 Å². The molecule has 0 saturated heterocycles. The van der Waals surface area contributed by atoms with E-state index in [0.717, 1.165) is 0 Å². The van der Waals surface area contributed by atoms with Gasteiger partial charge in [0.15, 0.2) is 5.82 Å². The van der Waals surface area contributed by atoms with E-state index in [1.54, 1.807) is 13.1 Å². The minimum absolute atomic E-state index is 0.355. The Morgan fingerprint density at radius 1 is 1.64 bits per heavy atom. The van der Waals surface area contributed by atoms with E-state index >= 15 is 0 Å². The second kappa shape index (κ2) is 2.77. The Balaban J connectivity index is 3.59. The molecular weight excluding hydrogens is 213 g/mol. The van der Waals surface area contributed by atoms with Gasteiger partial charge in [-0.2, -0.15) is 0 Å². The van der Waals surface area contributed by atoms with Gasteiger partial charge in [-0.25, -0.2) is 4.39 Å². The van der Waals surface area contributed by atoms with Gasteiger partial charge in [0.25, 0.3) is 5.56 Å². The van der Waals surface area contributed by atoms with E-state index in [1.807, 2.05) is 0 Å². The van der Waals surface area contributed by atoms with Crippen LogP contribution in [0.15, 0.2) is 15.5 Å². The van der Waals surface area contributed by atoms with Crippen LogP contribution in [0.4, 0.5) is 4.39 Å². The van der Waals surface area contributed by atoms with Crippen molar-refractivity contribution in [2.24, 2.45) is 7.05 Å². The van der Waals surface area contributed by atoms with Crippen molar-refractivity contribution >= 4 is 15.9 Å². The van der Waals surface area contributed by atoms with Gasteiger partial charge >= 0.3 is 0 Å². The summed E-state index contributed by atoms with van der Waals surface area (Å²) in [6.07, 6.45) is 1.54. The number of hydrogen-bond acceptors (Lipinski definition) is 1. The fourth-order valence-electron chi connectivity index (χ4n) is 0.746. The van der Waals surface area contributed by atoms with Crippen molar-refractivity contribution in [1.82, 2.24) is 4.57 Å². The third-order valence-electron chi connectivity index (χ3n) is 1.50. The number of aryl methyl sites for hydroxylation is 1. The lowest BCUT2D eigenvalue weighted by molar-refractivity contribution is 0.579. The zero-order valence-corrected chi connectivity index (χ0v) is 7.77. The van der Waals surface area contributed by atoms with Crippen molar-refractivity contribution in [3.63, 3.8) is 0 Å². The molecule has 60 valence electrons. The minimum atomic E-state index is -0.693. The molecule has 0 fully saturated rings. The molecule has 0 amide bonds. The first-order valence-corrected chi connectivity index (χ1v) is 3.84. The van der Waals surface area contributed by atoms with Crippen molar-refractivity contribution in [2.45, 2.75) is 6.92 Å². The molecule has 1 heterocycles. The molecule has 0 bridgehead atoms. The fourth-order valence-corrected chi connectivity index (χ4v) is 1.23. The summed E-state index contributed by atoms with van der Waals surface area (Å²) >= 11 is 3.13. The van der Waals surface area contributed by atoms with E-state index in [2.05, 4.69) is 15.9 Å². The standard InChI is InChI=1S/C7H7BrFNO/c1-4-5(8)3-10(2)7(11)6(4)9/h3H,1-2H3. The van der Waals surface area contributed by atoms with Crippen LogP contribution in [0.25, 0.3) is 0 Å². The number of nitrogens with zero attached hydrogens (tertiary/aromatic N) is 1. The highest BCUT2D eigenvalue weighted by molar-refractivity contribution is 9.10. The van der Waals surface area contributed by atoms with E-state index < -0.39 is 11.4 Å². The maximum absolute atomic E-state index is 12.9. The lowest BCUT2D eigenvalue weighted by Crippen LogP contribution is -2.20. The van der Waals surface area contributed by atoms with E-state index in [0.29, 0.717) is 10.0 Å². The summed E-state index contributed by atoms with van der Waals surface area (Å²) in [5.74, 6) is -0.693. The van der Waals surface area contributed by atoms with Crippen molar-refractivity contribution in [2.75, 3.05) is 0 Å². The van der Waals surface area contributed by atoms with Crippen LogP contribution < -0.4 is 5.56 Å². The van der Waals surface area contributed by atoms with Crippen LogP contribution in [-0.2, 0) is 7.05 Å². The van der Waals surface area contributed by atoms with Crippen LogP contribution in [0.1, 0.15) is 5.56 Å². The summed E-state index contributed by atoms with van der Waals surface area (Å²) in [7, 11) is 1.51. The summed E-state index contributed by atoms with van der Waals surface area (Å²) in [4.78, 5) is 10.9. The molecule has 0 spiro atoms. The smallest absolute Gasteiger partial charge is 0.286 e. The largest absolute Gasteiger partial charge is 0.315 e.